The maximum atomic E-state index is 5.64. The first-order chi connectivity index (χ1) is 5.29. The van der Waals surface area contributed by atoms with E-state index >= 15 is 0 Å². The molecule has 58 valence electrons. The lowest BCUT2D eigenvalue weighted by Gasteiger charge is -2.17. The Morgan fingerprint density at radius 2 is 2.36 bits per heavy atom. The number of allylic oxidation sites excluding steroid dienone is 3. The predicted octanol–water partition coefficient (Wildman–Crippen LogP) is 0.245. The molecule has 4 N–H and O–H groups in total. The van der Waals surface area contributed by atoms with Crippen molar-refractivity contribution in [2.24, 2.45) is 5.73 Å². The fourth-order valence-electron chi connectivity index (χ4n) is 1.01. The largest absolute Gasteiger partial charge is 0.383 e. The summed E-state index contributed by atoms with van der Waals surface area (Å²) in [6, 6.07) is 0. The molecule has 0 radical (unpaired) electrons. The van der Waals surface area contributed by atoms with Gasteiger partial charge in [0, 0.05) is 10.7 Å². The minimum atomic E-state index is 0.623. The molecular weight excluding hydrogens is 208 g/mol. The van der Waals surface area contributed by atoms with Crippen molar-refractivity contribution in [1.82, 2.24) is 16.0 Å². The van der Waals surface area contributed by atoms with Crippen LogP contribution in [0.4, 0.5) is 0 Å². The second-order valence-corrected chi connectivity index (χ2v) is 3.08. The van der Waals surface area contributed by atoms with Crippen LogP contribution in [0.3, 0.4) is 0 Å². The number of nitrogens with zero attached hydrogens (tertiary/aromatic N) is 1. The molecule has 2 heterocycles. The lowest BCUT2D eigenvalue weighted by atomic mass is 10.3. The standard InChI is InChI=1S/C6H7BrN4/c7-4-2-1-3-11-5(4)6(8)9-10-11/h1-3,9-10H,8H2. The molecule has 0 saturated carbocycles. The molecule has 2 aliphatic heterocycles. The van der Waals surface area contributed by atoms with Gasteiger partial charge in [0.05, 0.1) is 0 Å². The SMILES string of the molecule is NC1=C2C(Br)=CC=CN2NN1. The summed E-state index contributed by atoms with van der Waals surface area (Å²) >= 11 is 3.39. The van der Waals surface area contributed by atoms with Crippen molar-refractivity contribution in [1.29, 1.82) is 0 Å². The maximum absolute atomic E-state index is 5.64. The Labute approximate surface area is 72.5 Å². The van der Waals surface area contributed by atoms with Gasteiger partial charge in [0.15, 0.2) is 0 Å². The smallest absolute Gasteiger partial charge is 0.139 e. The highest BCUT2D eigenvalue weighted by Crippen LogP contribution is 2.26. The third kappa shape index (κ3) is 0.928. The first kappa shape index (κ1) is 6.75. The van der Waals surface area contributed by atoms with Crippen molar-refractivity contribution in [2.45, 2.75) is 0 Å². The van der Waals surface area contributed by atoms with E-state index in [1.807, 2.05) is 18.4 Å². The maximum Gasteiger partial charge on any atom is 0.139 e. The fraction of sp³-hybridized carbons (Fsp3) is 0. The summed E-state index contributed by atoms with van der Waals surface area (Å²) in [5.74, 6) is 0.623. The van der Waals surface area contributed by atoms with Crippen molar-refractivity contribution >= 4 is 15.9 Å². The molecule has 2 rings (SSSR count). The first-order valence-electron chi connectivity index (χ1n) is 3.14. The number of hydrogen-bond acceptors (Lipinski definition) is 4. The van der Waals surface area contributed by atoms with Crippen molar-refractivity contribution < 1.29 is 0 Å². The third-order valence-electron chi connectivity index (χ3n) is 1.51. The van der Waals surface area contributed by atoms with Crippen LogP contribution in [-0.4, -0.2) is 5.01 Å². The van der Waals surface area contributed by atoms with Crippen LogP contribution in [0.25, 0.3) is 0 Å². The Morgan fingerprint density at radius 1 is 1.55 bits per heavy atom. The highest BCUT2D eigenvalue weighted by Gasteiger charge is 2.21. The number of hydrazine groups is 2. The quantitative estimate of drug-likeness (QED) is 0.542. The molecule has 2 aliphatic rings. The topological polar surface area (TPSA) is 53.3 Å². The Kier molecular flexibility index (Phi) is 1.40. The van der Waals surface area contributed by atoms with E-state index in [0.717, 1.165) is 10.2 Å². The summed E-state index contributed by atoms with van der Waals surface area (Å²) in [5.41, 5.74) is 12.2. The second kappa shape index (κ2) is 2.28. The van der Waals surface area contributed by atoms with Gasteiger partial charge >= 0.3 is 0 Å². The van der Waals surface area contributed by atoms with Crippen molar-refractivity contribution in [2.75, 3.05) is 0 Å². The molecule has 4 nitrogen and oxygen atoms in total. The summed E-state index contributed by atoms with van der Waals surface area (Å²) in [6.07, 6.45) is 5.74. The fourth-order valence-corrected chi connectivity index (χ4v) is 1.57. The molecule has 0 aromatic carbocycles. The summed E-state index contributed by atoms with van der Waals surface area (Å²) in [4.78, 5) is 0. The molecule has 0 aliphatic carbocycles. The number of halogens is 1. The molecule has 0 bridgehead atoms. The summed E-state index contributed by atoms with van der Waals surface area (Å²) in [5, 5.41) is 1.80. The molecule has 0 atom stereocenters. The Hall–Kier alpha value is -0.940. The van der Waals surface area contributed by atoms with E-state index in [4.69, 9.17) is 5.73 Å². The average molecular weight is 215 g/mol. The molecule has 0 aromatic heterocycles. The molecular formula is C6H7BrN4. The predicted molar refractivity (Wildman–Crippen MR) is 45.5 cm³/mol. The van der Waals surface area contributed by atoms with Crippen LogP contribution < -0.4 is 16.7 Å². The molecule has 0 unspecified atom stereocenters. The van der Waals surface area contributed by atoms with Crippen molar-refractivity contribution in [3.8, 4) is 0 Å². The summed E-state index contributed by atoms with van der Waals surface area (Å²) < 4.78 is 0.968. The number of rotatable bonds is 0. The van der Waals surface area contributed by atoms with E-state index in [-0.39, 0.29) is 0 Å². The lowest BCUT2D eigenvalue weighted by Crippen LogP contribution is -2.35. The average Bonchev–Trinajstić information content (AvgIpc) is 2.34. The van der Waals surface area contributed by atoms with Crippen LogP contribution in [0.5, 0.6) is 0 Å². The lowest BCUT2D eigenvalue weighted by molar-refractivity contribution is 0.347. The Morgan fingerprint density at radius 3 is 3.09 bits per heavy atom. The summed E-state index contributed by atoms with van der Waals surface area (Å²) in [6.45, 7) is 0. The van der Waals surface area contributed by atoms with E-state index in [1.165, 1.54) is 0 Å². The third-order valence-corrected chi connectivity index (χ3v) is 2.15. The van der Waals surface area contributed by atoms with Crippen LogP contribution in [0.2, 0.25) is 0 Å². The van der Waals surface area contributed by atoms with Crippen LogP contribution in [0.1, 0.15) is 0 Å². The van der Waals surface area contributed by atoms with Gasteiger partial charge in [-0.3, -0.25) is 10.4 Å². The van der Waals surface area contributed by atoms with E-state index < -0.39 is 0 Å². The molecule has 0 aromatic rings. The monoisotopic (exact) mass is 214 g/mol. The van der Waals surface area contributed by atoms with Crippen LogP contribution >= 0.6 is 15.9 Å². The molecule has 5 heteroatoms. The molecule has 11 heavy (non-hydrogen) atoms. The normalized spacial score (nSPS) is 21.5. The van der Waals surface area contributed by atoms with Gasteiger partial charge in [-0.1, -0.05) is 0 Å². The van der Waals surface area contributed by atoms with Crippen LogP contribution in [-0.2, 0) is 0 Å². The number of nitrogens with two attached hydrogens (primary N) is 1. The van der Waals surface area contributed by atoms with Gasteiger partial charge in [-0.25, -0.2) is 0 Å². The van der Waals surface area contributed by atoms with Gasteiger partial charge in [0.2, 0.25) is 0 Å². The number of nitrogens with one attached hydrogen (secondary N) is 2. The number of fused-ring (bicyclic) bond motifs is 1. The van der Waals surface area contributed by atoms with E-state index in [9.17, 15) is 0 Å². The molecule has 0 fully saturated rings. The minimum absolute atomic E-state index is 0.623. The zero-order chi connectivity index (χ0) is 7.84. The molecule has 0 spiro atoms. The number of hydrogen-bond donors (Lipinski definition) is 3. The van der Waals surface area contributed by atoms with Gasteiger partial charge in [0.1, 0.15) is 11.5 Å². The van der Waals surface area contributed by atoms with Crippen LogP contribution in [0.15, 0.2) is 34.4 Å². The zero-order valence-corrected chi connectivity index (χ0v) is 7.22. The Balaban J connectivity index is 2.45. The van der Waals surface area contributed by atoms with Crippen LogP contribution in [0, 0.1) is 0 Å². The van der Waals surface area contributed by atoms with E-state index in [0.29, 0.717) is 5.82 Å². The Bertz CT molecular complexity index is 273. The van der Waals surface area contributed by atoms with Gasteiger partial charge in [-0.05, 0) is 28.1 Å². The zero-order valence-electron chi connectivity index (χ0n) is 5.63. The summed E-state index contributed by atoms with van der Waals surface area (Å²) in [7, 11) is 0. The second-order valence-electron chi connectivity index (χ2n) is 2.23. The van der Waals surface area contributed by atoms with Gasteiger partial charge in [0.25, 0.3) is 0 Å². The van der Waals surface area contributed by atoms with Gasteiger partial charge in [-0.2, -0.15) is 0 Å². The van der Waals surface area contributed by atoms with Crippen molar-refractivity contribution in [3.63, 3.8) is 0 Å². The molecule has 0 amide bonds. The van der Waals surface area contributed by atoms with Gasteiger partial charge < -0.3 is 5.73 Å². The highest BCUT2D eigenvalue weighted by molar-refractivity contribution is 9.12. The highest BCUT2D eigenvalue weighted by atomic mass is 79.9. The minimum Gasteiger partial charge on any atom is -0.383 e. The van der Waals surface area contributed by atoms with E-state index in [2.05, 4.69) is 26.9 Å². The van der Waals surface area contributed by atoms with E-state index in [1.54, 1.807) is 5.01 Å². The first-order valence-corrected chi connectivity index (χ1v) is 3.93. The van der Waals surface area contributed by atoms with Gasteiger partial charge in [-0.15, -0.1) is 5.53 Å². The molecule has 0 saturated heterocycles. The van der Waals surface area contributed by atoms with Crippen molar-refractivity contribution in [3.05, 3.63) is 34.4 Å².